The van der Waals surface area contributed by atoms with Crippen molar-refractivity contribution < 1.29 is 4.79 Å². The molecule has 76 valence electrons. The van der Waals surface area contributed by atoms with Gasteiger partial charge in [0.25, 0.3) is 0 Å². The number of nitrogens with zero attached hydrogens (tertiary/aromatic N) is 2. The predicted molar refractivity (Wildman–Crippen MR) is 54.3 cm³/mol. The smallest absolute Gasteiger partial charge is 0.200 e. The Labute approximate surface area is 84.1 Å². The monoisotopic (exact) mass is 192 g/mol. The van der Waals surface area contributed by atoms with Crippen LogP contribution in [-0.4, -0.2) is 15.3 Å². The van der Waals surface area contributed by atoms with Crippen LogP contribution in [0.3, 0.4) is 0 Å². The van der Waals surface area contributed by atoms with E-state index < -0.39 is 0 Å². The van der Waals surface area contributed by atoms with Gasteiger partial charge in [0.2, 0.25) is 5.78 Å². The van der Waals surface area contributed by atoms with Crippen LogP contribution in [0.15, 0.2) is 6.20 Å². The zero-order chi connectivity index (χ0) is 10.1. The largest absolute Gasteiger partial charge is 0.326 e. The first-order chi connectivity index (χ1) is 6.70. The second-order valence-corrected chi connectivity index (χ2v) is 4.20. The molecule has 0 aliphatic carbocycles. The van der Waals surface area contributed by atoms with E-state index in [0.717, 1.165) is 13.0 Å². The van der Waals surface area contributed by atoms with E-state index in [1.165, 1.54) is 18.5 Å². The molecule has 1 aromatic rings. The molecule has 0 N–H and O–H groups in total. The SMILES string of the molecule is CC(C)C(=O)c1ncc2n1CCCC2. The average Bonchev–Trinajstić information content (AvgIpc) is 2.60. The van der Waals surface area contributed by atoms with Gasteiger partial charge in [0, 0.05) is 24.4 Å². The van der Waals surface area contributed by atoms with Crippen molar-refractivity contribution >= 4 is 5.78 Å². The number of aryl methyl sites for hydroxylation is 1. The summed E-state index contributed by atoms with van der Waals surface area (Å²) in [6.45, 7) is 4.81. The Morgan fingerprint density at radius 1 is 1.50 bits per heavy atom. The Morgan fingerprint density at radius 3 is 3.00 bits per heavy atom. The summed E-state index contributed by atoms with van der Waals surface area (Å²) in [7, 11) is 0. The summed E-state index contributed by atoms with van der Waals surface area (Å²) in [5.74, 6) is 0.872. The lowest BCUT2D eigenvalue weighted by atomic mass is 10.1. The van der Waals surface area contributed by atoms with E-state index in [0.29, 0.717) is 5.82 Å². The average molecular weight is 192 g/mol. The van der Waals surface area contributed by atoms with Gasteiger partial charge in [-0.25, -0.2) is 4.98 Å². The molecule has 0 aromatic carbocycles. The van der Waals surface area contributed by atoms with Crippen LogP contribution in [0, 0.1) is 5.92 Å². The Bertz CT molecular complexity index is 352. The first-order valence-electron chi connectivity index (χ1n) is 5.28. The number of ketones is 1. The highest BCUT2D eigenvalue weighted by molar-refractivity contribution is 5.94. The lowest BCUT2D eigenvalue weighted by molar-refractivity contribution is 0.0923. The van der Waals surface area contributed by atoms with Crippen LogP contribution in [0.2, 0.25) is 0 Å². The highest BCUT2D eigenvalue weighted by Crippen LogP contribution is 2.18. The van der Waals surface area contributed by atoms with Gasteiger partial charge in [-0.05, 0) is 19.3 Å². The molecule has 0 spiro atoms. The molecule has 0 saturated heterocycles. The number of carbonyl (C=O) groups is 1. The molecule has 1 aliphatic rings. The Kier molecular flexibility index (Phi) is 2.40. The molecule has 0 atom stereocenters. The van der Waals surface area contributed by atoms with Gasteiger partial charge in [-0.2, -0.15) is 0 Å². The Hall–Kier alpha value is -1.12. The number of aromatic nitrogens is 2. The summed E-state index contributed by atoms with van der Waals surface area (Å²) in [4.78, 5) is 16.0. The molecule has 2 heterocycles. The maximum atomic E-state index is 11.8. The van der Waals surface area contributed by atoms with Gasteiger partial charge >= 0.3 is 0 Å². The maximum Gasteiger partial charge on any atom is 0.200 e. The fourth-order valence-corrected chi connectivity index (χ4v) is 1.89. The van der Waals surface area contributed by atoms with Gasteiger partial charge in [0.05, 0.1) is 0 Å². The molecule has 3 nitrogen and oxygen atoms in total. The normalized spacial score (nSPS) is 15.6. The number of imidazole rings is 1. The van der Waals surface area contributed by atoms with Crippen molar-refractivity contribution in [1.82, 2.24) is 9.55 Å². The number of rotatable bonds is 2. The Balaban J connectivity index is 2.35. The molecule has 0 saturated carbocycles. The number of hydrogen-bond donors (Lipinski definition) is 0. The van der Waals surface area contributed by atoms with Crippen LogP contribution in [0.5, 0.6) is 0 Å². The summed E-state index contributed by atoms with van der Waals surface area (Å²) in [6.07, 6.45) is 5.32. The molecule has 0 unspecified atom stereocenters. The quantitative estimate of drug-likeness (QED) is 0.672. The summed E-state index contributed by atoms with van der Waals surface area (Å²) in [5, 5.41) is 0. The number of hydrogen-bond acceptors (Lipinski definition) is 2. The third-order valence-corrected chi connectivity index (χ3v) is 2.75. The standard InChI is InChI=1S/C11H16N2O/c1-8(2)10(14)11-12-7-9-5-3-4-6-13(9)11/h7-8H,3-6H2,1-2H3. The van der Waals surface area contributed by atoms with Crippen molar-refractivity contribution in [2.75, 3.05) is 0 Å². The number of Topliss-reactive ketones (excluding diaryl/α,β-unsaturated/α-hetero) is 1. The minimum Gasteiger partial charge on any atom is -0.326 e. The second-order valence-electron chi connectivity index (χ2n) is 4.20. The van der Waals surface area contributed by atoms with Crippen LogP contribution in [0.4, 0.5) is 0 Å². The first kappa shape index (κ1) is 9.44. The van der Waals surface area contributed by atoms with Crippen LogP contribution in [0.1, 0.15) is 43.0 Å². The van der Waals surface area contributed by atoms with E-state index in [9.17, 15) is 4.79 Å². The van der Waals surface area contributed by atoms with E-state index in [1.807, 2.05) is 20.0 Å². The second kappa shape index (κ2) is 3.56. The lowest BCUT2D eigenvalue weighted by Gasteiger charge is -2.16. The molecule has 0 fully saturated rings. The zero-order valence-electron chi connectivity index (χ0n) is 8.79. The highest BCUT2D eigenvalue weighted by atomic mass is 16.1. The van der Waals surface area contributed by atoms with E-state index in [4.69, 9.17) is 0 Å². The molecule has 14 heavy (non-hydrogen) atoms. The third kappa shape index (κ3) is 1.47. The summed E-state index contributed by atoms with van der Waals surface area (Å²) in [6, 6.07) is 0. The molecule has 0 radical (unpaired) electrons. The topological polar surface area (TPSA) is 34.9 Å². The lowest BCUT2D eigenvalue weighted by Crippen LogP contribution is -2.19. The fourth-order valence-electron chi connectivity index (χ4n) is 1.89. The first-order valence-corrected chi connectivity index (χ1v) is 5.28. The fraction of sp³-hybridized carbons (Fsp3) is 0.636. The van der Waals surface area contributed by atoms with Crippen molar-refractivity contribution in [2.45, 2.75) is 39.7 Å². The van der Waals surface area contributed by atoms with Gasteiger partial charge in [-0.3, -0.25) is 4.79 Å². The highest BCUT2D eigenvalue weighted by Gasteiger charge is 2.20. The van der Waals surface area contributed by atoms with Crippen molar-refractivity contribution in [3.8, 4) is 0 Å². The van der Waals surface area contributed by atoms with Gasteiger partial charge in [-0.15, -0.1) is 0 Å². The molecular weight excluding hydrogens is 176 g/mol. The molecule has 1 aromatic heterocycles. The molecule has 1 aliphatic heterocycles. The van der Waals surface area contributed by atoms with E-state index in [2.05, 4.69) is 9.55 Å². The van der Waals surface area contributed by atoms with Crippen LogP contribution in [-0.2, 0) is 13.0 Å². The molecule has 2 rings (SSSR count). The third-order valence-electron chi connectivity index (χ3n) is 2.75. The van der Waals surface area contributed by atoms with Crippen molar-refractivity contribution in [3.63, 3.8) is 0 Å². The van der Waals surface area contributed by atoms with Crippen LogP contribution < -0.4 is 0 Å². The van der Waals surface area contributed by atoms with E-state index in [-0.39, 0.29) is 11.7 Å². The summed E-state index contributed by atoms with van der Waals surface area (Å²) < 4.78 is 2.09. The van der Waals surface area contributed by atoms with Gasteiger partial charge in [0.15, 0.2) is 5.82 Å². The van der Waals surface area contributed by atoms with Crippen molar-refractivity contribution in [2.24, 2.45) is 5.92 Å². The van der Waals surface area contributed by atoms with Crippen LogP contribution in [0.25, 0.3) is 0 Å². The minimum absolute atomic E-state index is 0.0448. The van der Waals surface area contributed by atoms with E-state index >= 15 is 0 Å². The minimum atomic E-state index is 0.0448. The van der Waals surface area contributed by atoms with Crippen molar-refractivity contribution in [1.29, 1.82) is 0 Å². The van der Waals surface area contributed by atoms with Gasteiger partial charge < -0.3 is 4.57 Å². The van der Waals surface area contributed by atoms with Crippen LogP contribution >= 0.6 is 0 Å². The zero-order valence-corrected chi connectivity index (χ0v) is 8.79. The maximum absolute atomic E-state index is 11.8. The van der Waals surface area contributed by atoms with Gasteiger partial charge in [0.1, 0.15) is 0 Å². The predicted octanol–water partition coefficient (Wildman–Crippen LogP) is 2.06. The number of carbonyl (C=O) groups excluding carboxylic acids is 1. The molecule has 0 bridgehead atoms. The van der Waals surface area contributed by atoms with E-state index in [1.54, 1.807) is 0 Å². The summed E-state index contributed by atoms with van der Waals surface area (Å²) >= 11 is 0. The molecular formula is C11H16N2O. The Morgan fingerprint density at radius 2 is 2.29 bits per heavy atom. The van der Waals surface area contributed by atoms with Gasteiger partial charge in [-0.1, -0.05) is 13.8 Å². The summed E-state index contributed by atoms with van der Waals surface area (Å²) in [5.41, 5.74) is 1.22. The van der Waals surface area contributed by atoms with Crippen molar-refractivity contribution in [3.05, 3.63) is 17.7 Å². The number of fused-ring (bicyclic) bond motifs is 1. The molecule has 0 amide bonds. The molecule has 3 heteroatoms.